The summed E-state index contributed by atoms with van der Waals surface area (Å²) in [7, 11) is -4.07. The molecule has 0 heterocycles. The maximum absolute atomic E-state index is 11.8. The zero-order chi connectivity index (χ0) is 17.3. The Bertz CT molecular complexity index is 896. The van der Waals surface area contributed by atoms with Crippen LogP contribution in [0.2, 0.25) is 0 Å². The van der Waals surface area contributed by atoms with Gasteiger partial charge in [-0.05, 0) is 36.5 Å². The number of primary sulfonamides is 1. The van der Waals surface area contributed by atoms with Crippen molar-refractivity contribution in [3.63, 3.8) is 0 Å². The summed E-state index contributed by atoms with van der Waals surface area (Å²) >= 11 is 0. The minimum absolute atomic E-state index is 0.0434. The number of sulfonamides is 1. The van der Waals surface area contributed by atoms with E-state index in [1.165, 1.54) is 23.3 Å². The summed E-state index contributed by atoms with van der Waals surface area (Å²) in [5, 5.41) is 19.3. The summed E-state index contributed by atoms with van der Waals surface area (Å²) in [6.07, 6.45) is 2.50. The Kier molecular flexibility index (Phi) is 4.25. The molecular weight excluding hydrogens is 330 g/mol. The number of nitro groups is 1. The molecule has 0 fully saturated rings. The summed E-state index contributed by atoms with van der Waals surface area (Å²) in [5.74, 6) is 0. The van der Waals surface area contributed by atoms with Crippen molar-refractivity contribution in [1.82, 2.24) is 0 Å². The molecular formula is C16H17N3O4S. The molecule has 2 aromatic rings. The quantitative estimate of drug-likeness (QED) is 0.650. The summed E-state index contributed by atoms with van der Waals surface area (Å²) < 4.78 is 23.6. The maximum Gasteiger partial charge on any atom is 0.270 e. The molecule has 0 radical (unpaired) electrons. The van der Waals surface area contributed by atoms with Crippen molar-refractivity contribution in [2.75, 3.05) is 5.32 Å². The molecule has 0 amide bonds. The molecule has 1 aliphatic carbocycles. The first-order valence-corrected chi connectivity index (χ1v) is 9.04. The molecule has 24 heavy (non-hydrogen) atoms. The van der Waals surface area contributed by atoms with Crippen molar-refractivity contribution in [2.24, 2.45) is 5.14 Å². The first kappa shape index (κ1) is 16.4. The van der Waals surface area contributed by atoms with E-state index in [0.29, 0.717) is 5.69 Å². The Hall–Kier alpha value is -2.45. The predicted octanol–water partition coefficient (Wildman–Crippen LogP) is 2.21. The summed E-state index contributed by atoms with van der Waals surface area (Å²) in [6.45, 7) is 0. The highest BCUT2D eigenvalue weighted by molar-refractivity contribution is 7.89. The van der Waals surface area contributed by atoms with Crippen LogP contribution in [0.3, 0.4) is 0 Å². The van der Waals surface area contributed by atoms with E-state index >= 15 is 0 Å². The Morgan fingerprint density at radius 2 is 1.88 bits per heavy atom. The first-order valence-electron chi connectivity index (χ1n) is 7.49. The average molecular weight is 347 g/mol. The summed E-state index contributed by atoms with van der Waals surface area (Å²) in [6, 6.07) is 11.8. The molecule has 7 nitrogen and oxygen atoms in total. The Morgan fingerprint density at radius 3 is 2.54 bits per heavy atom. The van der Waals surface area contributed by atoms with Gasteiger partial charge in [0.2, 0.25) is 10.0 Å². The van der Waals surface area contributed by atoms with E-state index in [1.807, 2.05) is 12.1 Å². The largest absolute Gasteiger partial charge is 0.381 e. The molecule has 3 rings (SSSR count). The van der Waals surface area contributed by atoms with E-state index in [4.69, 9.17) is 5.14 Å². The number of nitro benzene ring substituents is 1. The van der Waals surface area contributed by atoms with E-state index in [-0.39, 0.29) is 16.6 Å². The number of hydrogen-bond donors (Lipinski definition) is 2. The van der Waals surface area contributed by atoms with E-state index in [9.17, 15) is 18.5 Å². The molecule has 126 valence electrons. The van der Waals surface area contributed by atoms with Crippen LogP contribution in [0.1, 0.15) is 17.5 Å². The van der Waals surface area contributed by atoms with Crippen LogP contribution in [0.15, 0.2) is 47.4 Å². The number of hydrogen-bond acceptors (Lipinski definition) is 5. The van der Waals surface area contributed by atoms with E-state index in [2.05, 4.69) is 17.4 Å². The topological polar surface area (TPSA) is 115 Å². The number of benzene rings is 2. The fourth-order valence-electron chi connectivity index (χ4n) is 3.02. The van der Waals surface area contributed by atoms with E-state index in [0.717, 1.165) is 25.3 Å². The summed E-state index contributed by atoms with van der Waals surface area (Å²) in [4.78, 5) is 9.97. The molecule has 3 N–H and O–H groups in total. The van der Waals surface area contributed by atoms with Crippen LogP contribution in [0.4, 0.5) is 11.4 Å². The number of fused-ring (bicyclic) bond motifs is 1. The molecule has 0 aromatic heterocycles. The van der Waals surface area contributed by atoms with Gasteiger partial charge in [-0.2, -0.15) is 0 Å². The highest BCUT2D eigenvalue weighted by Gasteiger charge is 2.23. The third-order valence-corrected chi connectivity index (χ3v) is 5.14. The van der Waals surface area contributed by atoms with Crippen molar-refractivity contribution < 1.29 is 13.3 Å². The summed E-state index contributed by atoms with van der Waals surface area (Å²) in [5.41, 5.74) is 2.51. The maximum atomic E-state index is 11.8. The number of anilines is 1. The zero-order valence-corrected chi connectivity index (χ0v) is 13.6. The molecule has 0 aliphatic heterocycles. The molecule has 1 aliphatic rings. The van der Waals surface area contributed by atoms with Crippen molar-refractivity contribution in [2.45, 2.75) is 30.2 Å². The lowest BCUT2D eigenvalue weighted by Gasteiger charge is -2.27. The van der Waals surface area contributed by atoms with Crippen LogP contribution in [0.5, 0.6) is 0 Å². The number of non-ortho nitro benzene ring substituents is 1. The van der Waals surface area contributed by atoms with Gasteiger partial charge in [-0.15, -0.1) is 0 Å². The zero-order valence-electron chi connectivity index (χ0n) is 12.8. The highest BCUT2D eigenvalue weighted by atomic mass is 32.2. The lowest BCUT2D eigenvalue weighted by atomic mass is 9.88. The minimum atomic E-state index is -4.07. The van der Waals surface area contributed by atoms with Gasteiger partial charge in [-0.25, -0.2) is 13.6 Å². The number of rotatable bonds is 4. The van der Waals surface area contributed by atoms with Gasteiger partial charge in [0.25, 0.3) is 5.69 Å². The molecule has 1 atom stereocenters. The fourth-order valence-corrected chi connectivity index (χ4v) is 3.74. The smallest absolute Gasteiger partial charge is 0.270 e. The van der Waals surface area contributed by atoms with Gasteiger partial charge in [0.1, 0.15) is 4.90 Å². The highest BCUT2D eigenvalue weighted by Crippen LogP contribution is 2.29. The Balaban J connectivity index is 1.89. The van der Waals surface area contributed by atoms with Crippen molar-refractivity contribution in [3.05, 3.63) is 63.7 Å². The third kappa shape index (κ3) is 3.39. The van der Waals surface area contributed by atoms with Gasteiger partial charge in [0.05, 0.1) is 10.6 Å². The molecule has 0 saturated heterocycles. The Labute approximate surface area is 139 Å². The van der Waals surface area contributed by atoms with Crippen molar-refractivity contribution in [3.8, 4) is 0 Å². The third-order valence-electron chi connectivity index (χ3n) is 4.19. The number of nitrogens with two attached hydrogens (primary N) is 1. The normalized spacial score (nSPS) is 17.1. The van der Waals surface area contributed by atoms with Crippen LogP contribution in [-0.2, 0) is 22.9 Å². The lowest BCUT2D eigenvalue weighted by Crippen LogP contribution is -2.28. The molecule has 8 heteroatoms. The fraction of sp³-hybridized carbons (Fsp3) is 0.250. The van der Waals surface area contributed by atoms with Crippen LogP contribution >= 0.6 is 0 Å². The van der Waals surface area contributed by atoms with Crippen molar-refractivity contribution in [1.29, 1.82) is 0 Å². The van der Waals surface area contributed by atoms with E-state index in [1.54, 1.807) is 0 Å². The number of nitrogens with one attached hydrogen (secondary N) is 1. The van der Waals surface area contributed by atoms with Gasteiger partial charge >= 0.3 is 0 Å². The van der Waals surface area contributed by atoms with Gasteiger partial charge in [-0.1, -0.05) is 24.3 Å². The average Bonchev–Trinajstić information content (AvgIpc) is 2.54. The predicted molar refractivity (Wildman–Crippen MR) is 90.3 cm³/mol. The van der Waals surface area contributed by atoms with Gasteiger partial charge < -0.3 is 5.32 Å². The Morgan fingerprint density at radius 1 is 1.17 bits per heavy atom. The molecule has 0 spiro atoms. The molecule has 2 aromatic carbocycles. The van der Waals surface area contributed by atoms with Crippen LogP contribution in [0, 0.1) is 10.1 Å². The monoisotopic (exact) mass is 347 g/mol. The van der Waals surface area contributed by atoms with Gasteiger partial charge in [-0.3, -0.25) is 10.1 Å². The molecule has 0 unspecified atom stereocenters. The second kappa shape index (κ2) is 6.21. The van der Waals surface area contributed by atoms with Crippen molar-refractivity contribution >= 4 is 21.4 Å². The first-order chi connectivity index (χ1) is 11.3. The second-order valence-electron chi connectivity index (χ2n) is 5.84. The molecule has 0 bridgehead atoms. The number of nitrogens with zero attached hydrogens (tertiary/aromatic N) is 1. The lowest BCUT2D eigenvalue weighted by molar-refractivity contribution is -0.385. The second-order valence-corrected chi connectivity index (χ2v) is 7.37. The minimum Gasteiger partial charge on any atom is -0.381 e. The van der Waals surface area contributed by atoms with Gasteiger partial charge in [0.15, 0.2) is 0 Å². The standard InChI is InChI=1S/C16H17N3O4S/c17-24(22,23)16-10-14(19(20)21)7-8-15(16)18-13-6-5-11-3-1-2-4-12(11)9-13/h1-4,7-8,10,13,18H,5-6,9H2,(H2,17,22,23)/t13-/m0/s1. The van der Waals surface area contributed by atoms with Gasteiger partial charge in [0, 0.05) is 18.2 Å². The van der Waals surface area contributed by atoms with Crippen LogP contribution < -0.4 is 10.5 Å². The van der Waals surface area contributed by atoms with E-state index < -0.39 is 14.9 Å². The van der Waals surface area contributed by atoms with Crippen LogP contribution in [0.25, 0.3) is 0 Å². The molecule has 0 saturated carbocycles. The van der Waals surface area contributed by atoms with Crippen LogP contribution in [-0.4, -0.2) is 19.4 Å². The number of aryl methyl sites for hydroxylation is 1. The SMILES string of the molecule is NS(=O)(=O)c1cc([N+](=O)[O-])ccc1N[C@H]1CCc2ccccc2C1.